The van der Waals surface area contributed by atoms with Crippen molar-refractivity contribution < 1.29 is 14.6 Å². The van der Waals surface area contributed by atoms with Crippen LogP contribution in [0.1, 0.15) is 32.1 Å². The first-order valence-electron chi connectivity index (χ1n) is 6.01. The summed E-state index contributed by atoms with van der Waals surface area (Å²) in [6, 6.07) is 0. The van der Waals surface area contributed by atoms with Crippen LogP contribution < -0.4 is 0 Å². The van der Waals surface area contributed by atoms with Crippen LogP contribution in [0.3, 0.4) is 0 Å². The maximum absolute atomic E-state index is 10.2. The first-order valence-corrected chi connectivity index (χ1v) is 6.01. The van der Waals surface area contributed by atoms with Gasteiger partial charge >= 0.3 is 0 Å². The molecule has 3 heteroatoms. The second-order valence-electron chi connectivity index (χ2n) is 4.82. The van der Waals surface area contributed by atoms with E-state index in [9.17, 15) is 5.11 Å². The molecule has 0 amide bonds. The van der Waals surface area contributed by atoms with E-state index in [1.807, 2.05) is 6.08 Å². The molecular formula is C12H18O3. The van der Waals surface area contributed by atoms with Gasteiger partial charge in [0.1, 0.15) is 11.9 Å². The van der Waals surface area contributed by atoms with Gasteiger partial charge in [-0.15, -0.1) is 0 Å². The minimum atomic E-state index is -0.430. The van der Waals surface area contributed by atoms with E-state index in [2.05, 4.69) is 0 Å². The van der Waals surface area contributed by atoms with Crippen LogP contribution in [0.5, 0.6) is 0 Å². The largest absolute Gasteiger partial charge is 0.495 e. The van der Waals surface area contributed by atoms with Gasteiger partial charge in [-0.05, 0) is 38.2 Å². The number of aliphatic hydroxyl groups excluding tert-OH is 1. The zero-order valence-corrected chi connectivity index (χ0v) is 8.89. The Bertz CT molecular complexity index is 274. The number of hydrogen-bond donors (Lipinski definition) is 1. The molecule has 0 radical (unpaired) electrons. The fraction of sp³-hybridized carbons (Fsp3) is 0.833. The number of aliphatic hydroxyl groups is 1. The van der Waals surface area contributed by atoms with Crippen LogP contribution in [-0.2, 0) is 9.47 Å². The summed E-state index contributed by atoms with van der Waals surface area (Å²) in [5, 5.41) is 10.2. The topological polar surface area (TPSA) is 38.7 Å². The van der Waals surface area contributed by atoms with Gasteiger partial charge in [-0.2, -0.15) is 0 Å². The molecule has 0 aromatic heterocycles. The van der Waals surface area contributed by atoms with E-state index in [0.717, 1.165) is 38.0 Å². The lowest BCUT2D eigenvalue weighted by atomic mass is 9.84. The van der Waals surface area contributed by atoms with E-state index in [-0.39, 0.29) is 12.0 Å². The molecule has 3 heterocycles. The smallest absolute Gasteiger partial charge is 0.121 e. The standard InChI is InChI=1S/C12H18O3/c13-12(11-3-1-2-6-14-11)9-7-8-4-5-10(9)15-8/h3,8-10,12-13H,1-2,4-7H2. The summed E-state index contributed by atoms with van der Waals surface area (Å²) in [7, 11) is 0. The van der Waals surface area contributed by atoms with Crippen LogP contribution >= 0.6 is 0 Å². The maximum atomic E-state index is 10.2. The number of allylic oxidation sites excluding steroid dienone is 1. The molecule has 3 rings (SSSR count). The Labute approximate surface area is 90.1 Å². The van der Waals surface area contributed by atoms with Gasteiger partial charge in [-0.25, -0.2) is 0 Å². The van der Waals surface area contributed by atoms with Crippen molar-refractivity contribution in [2.45, 2.75) is 50.4 Å². The summed E-state index contributed by atoms with van der Waals surface area (Å²) in [5.41, 5.74) is 0. The normalized spacial score (nSPS) is 41.1. The molecule has 3 nitrogen and oxygen atoms in total. The lowest BCUT2D eigenvalue weighted by Gasteiger charge is -2.27. The molecule has 0 aromatic rings. The SMILES string of the molecule is OC(C1=CCCCO1)C1CC2CCC1O2. The molecule has 2 fully saturated rings. The average molecular weight is 210 g/mol. The molecule has 2 saturated heterocycles. The monoisotopic (exact) mass is 210 g/mol. The van der Waals surface area contributed by atoms with E-state index in [4.69, 9.17) is 9.47 Å². The van der Waals surface area contributed by atoms with E-state index in [1.165, 1.54) is 6.42 Å². The highest BCUT2D eigenvalue weighted by molar-refractivity contribution is 5.08. The lowest BCUT2D eigenvalue weighted by molar-refractivity contribution is 0.0214. The summed E-state index contributed by atoms with van der Waals surface area (Å²) in [6.07, 6.45) is 7.69. The van der Waals surface area contributed by atoms with Crippen molar-refractivity contribution in [1.29, 1.82) is 0 Å². The zero-order chi connectivity index (χ0) is 10.3. The minimum absolute atomic E-state index is 0.271. The Kier molecular flexibility index (Phi) is 2.45. The van der Waals surface area contributed by atoms with Crippen molar-refractivity contribution in [3.8, 4) is 0 Å². The van der Waals surface area contributed by atoms with Crippen LogP contribution in [0.2, 0.25) is 0 Å². The highest BCUT2D eigenvalue weighted by Crippen LogP contribution is 2.42. The van der Waals surface area contributed by atoms with Gasteiger partial charge in [-0.3, -0.25) is 0 Å². The third-order valence-corrected chi connectivity index (χ3v) is 3.81. The van der Waals surface area contributed by atoms with Crippen LogP contribution in [0.25, 0.3) is 0 Å². The fourth-order valence-corrected chi connectivity index (χ4v) is 3.00. The Morgan fingerprint density at radius 1 is 1.40 bits per heavy atom. The Balaban J connectivity index is 1.69. The predicted octanol–water partition coefficient (Wildman–Crippen LogP) is 1.61. The molecule has 0 spiro atoms. The first-order chi connectivity index (χ1) is 7.34. The zero-order valence-electron chi connectivity index (χ0n) is 8.89. The van der Waals surface area contributed by atoms with Crippen LogP contribution in [-0.4, -0.2) is 30.0 Å². The van der Waals surface area contributed by atoms with Crippen LogP contribution in [0, 0.1) is 5.92 Å². The van der Waals surface area contributed by atoms with E-state index in [0.29, 0.717) is 6.10 Å². The Morgan fingerprint density at radius 2 is 2.33 bits per heavy atom. The van der Waals surface area contributed by atoms with E-state index >= 15 is 0 Å². The van der Waals surface area contributed by atoms with Crippen molar-refractivity contribution in [3.63, 3.8) is 0 Å². The highest BCUT2D eigenvalue weighted by atomic mass is 16.5. The molecule has 4 unspecified atom stereocenters. The Hall–Kier alpha value is -0.540. The molecular weight excluding hydrogens is 192 g/mol. The summed E-state index contributed by atoms with van der Waals surface area (Å²) >= 11 is 0. The maximum Gasteiger partial charge on any atom is 0.121 e. The van der Waals surface area contributed by atoms with Crippen molar-refractivity contribution in [2.24, 2.45) is 5.92 Å². The molecule has 2 bridgehead atoms. The van der Waals surface area contributed by atoms with Gasteiger partial charge in [0.15, 0.2) is 0 Å². The van der Waals surface area contributed by atoms with Gasteiger partial charge in [0.05, 0.1) is 18.8 Å². The molecule has 15 heavy (non-hydrogen) atoms. The van der Waals surface area contributed by atoms with Gasteiger partial charge in [0, 0.05) is 5.92 Å². The minimum Gasteiger partial charge on any atom is -0.495 e. The molecule has 4 atom stereocenters. The molecule has 3 aliphatic rings. The van der Waals surface area contributed by atoms with Crippen molar-refractivity contribution in [3.05, 3.63) is 11.8 Å². The second-order valence-corrected chi connectivity index (χ2v) is 4.82. The third-order valence-electron chi connectivity index (χ3n) is 3.81. The highest BCUT2D eigenvalue weighted by Gasteiger charge is 2.45. The van der Waals surface area contributed by atoms with Gasteiger partial charge in [-0.1, -0.05) is 0 Å². The Morgan fingerprint density at radius 3 is 2.93 bits per heavy atom. The van der Waals surface area contributed by atoms with E-state index in [1.54, 1.807) is 0 Å². The second kappa shape index (κ2) is 3.80. The van der Waals surface area contributed by atoms with Crippen LogP contribution in [0.4, 0.5) is 0 Å². The molecule has 0 aliphatic carbocycles. The molecule has 0 saturated carbocycles. The number of ether oxygens (including phenoxy) is 2. The van der Waals surface area contributed by atoms with Crippen LogP contribution in [0.15, 0.2) is 11.8 Å². The molecule has 3 aliphatic heterocycles. The summed E-state index contributed by atoms with van der Waals surface area (Å²) in [6.45, 7) is 0.755. The summed E-state index contributed by atoms with van der Waals surface area (Å²) in [4.78, 5) is 0. The quantitative estimate of drug-likeness (QED) is 0.752. The van der Waals surface area contributed by atoms with E-state index < -0.39 is 6.10 Å². The third kappa shape index (κ3) is 1.68. The van der Waals surface area contributed by atoms with Crippen molar-refractivity contribution >= 4 is 0 Å². The summed E-state index contributed by atoms with van der Waals surface area (Å²) < 4.78 is 11.3. The number of hydrogen-bond acceptors (Lipinski definition) is 3. The average Bonchev–Trinajstić information content (AvgIpc) is 2.91. The number of fused-ring (bicyclic) bond motifs is 2. The van der Waals surface area contributed by atoms with Crippen molar-refractivity contribution in [1.82, 2.24) is 0 Å². The van der Waals surface area contributed by atoms with Gasteiger partial charge in [0.25, 0.3) is 0 Å². The van der Waals surface area contributed by atoms with Gasteiger partial charge < -0.3 is 14.6 Å². The predicted molar refractivity (Wildman–Crippen MR) is 55.3 cm³/mol. The lowest BCUT2D eigenvalue weighted by Crippen LogP contribution is -2.32. The molecule has 84 valence electrons. The summed E-state index contributed by atoms with van der Waals surface area (Å²) in [5.74, 6) is 1.07. The van der Waals surface area contributed by atoms with Gasteiger partial charge in [0.2, 0.25) is 0 Å². The van der Waals surface area contributed by atoms with Crippen molar-refractivity contribution in [2.75, 3.05) is 6.61 Å². The number of rotatable bonds is 2. The molecule has 0 aromatic carbocycles. The first kappa shape index (κ1) is 9.67. The fourth-order valence-electron chi connectivity index (χ4n) is 3.00. The molecule has 1 N–H and O–H groups in total.